The van der Waals surface area contributed by atoms with Gasteiger partial charge in [0.25, 0.3) is 10.0 Å². The molecule has 1 heterocycles. The third-order valence-electron chi connectivity index (χ3n) is 5.39. The van der Waals surface area contributed by atoms with E-state index in [-0.39, 0.29) is 16.5 Å². The maximum Gasteiger partial charge on any atom is 0.325 e. The van der Waals surface area contributed by atoms with Crippen LogP contribution in [0.15, 0.2) is 70.9 Å². The average Bonchev–Trinajstić information content (AvgIpc) is 3.28. The number of nitrogens with zero attached hydrogens (tertiary/aromatic N) is 1. The minimum absolute atomic E-state index is 0.115. The normalized spacial score (nSPS) is 21.3. The summed E-state index contributed by atoms with van der Waals surface area (Å²) in [5.41, 5.74) is 0.208. The fourth-order valence-corrected chi connectivity index (χ4v) is 6.74. The number of aliphatic carboxylic acids is 1. The smallest absolute Gasteiger partial charge is 0.325 e. The molecule has 0 saturated heterocycles. The lowest BCUT2D eigenvalue weighted by atomic mass is 10.1. The van der Waals surface area contributed by atoms with Crippen molar-refractivity contribution in [2.24, 2.45) is 0 Å². The van der Waals surface area contributed by atoms with Gasteiger partial charge in [-0.1, -0.05) is 54.1 Å². The molecule has 2 aromatic carbocycles. The lowest BCUT2D eigenvalue weighted by Crippen LogP contribution is -2.45. The summed E-state index contributed by atoms with van der Waals surface area (Å²) >= 11 is 7.03. The summed E-state index contributed by atoms with van der Waals surface area (Å²) < 4.78 is 27.6. The Balaban J connectivity index is 1.66. The molecule has 1 saturated carbocycles. The van der Waals surface area contributed by atoms with Crippen LogP contribution in [0.4, 0.5) is 0 Å². The number of hydrogen-bond donors (Lipinski definition) is 1. The third-order valence-corrected chi connectivity index (χ3v) is 9.14. The molecule has 29 heavy (non-hydrogen) atoms. The van der Waals surface area contributed by atoms with Crippen LogP contribution < -0.4 is 0 Å². The van der Waals surface area contributed by atoms with Gasteiger partial charge in [-0.15, -0.1) is 11.3 Å². The molecule has 150 valence electrons. The van der Waals surface area contributed by atoms with Crippen molar-refractivity contribution in [1.29, 1.82) is 0 Å². The molecule has 4 rings (SSSR count). The molecule has 1 aliphatic rings. The van der Waals surface area contributed by atoms with Crippen LogP contribution in [0.25, 0.3) is 10.4 Å². The molecule has 2 atom stereocenters. The summed E-state index contributed by atoms with van der Waals surface area (Å²) in [7, 11) is -2.62. The van der Waals surface area contributed by atoms with Gasteiger partial charge in [0.15, 0.2) is 0 Å². The zero-order valence-corrected chi connectivity index (χ0v) is 17.8. The molecule has 1 fully saturated rings. The fourth-order valence-electron chi connectivity index (χ4n) is 3.63. The molecule has 1 aliphatic carbocycles. The van der Waals surface area contributed by atoms with Crippen LogP contribution in [0, 0.1) is 0 Å². The van der Waals surface area contributed by atoms with Crippen LogP contribution in [-0.4, -0.2) is 36.4 Å². The largest absolute Gasteiger partial charge is 0.480 e. The predicted molar refractivity (Wildman–Crippen MR) is 114 cm³/mol. The zero-order chi connectivity index (χ0) is 20.8. The summed E-state index contributed by atoms with van der Waals surface area (Å²) in [6, 6.07) is 19.5. The minimum Gasteiger partial charge on any atom is -0.480 e. The van der Waals surface area contributed by atoms with E-state index in [4.69, 9.17) is 11.6 Å². The summed E-state index contributed by atoms with van der Waals surface area (Å²) in [4.78, 5) is 12.9. The second kappa shape index (κ2) is 7.25. The Bertz CT molecular complexity index is 1160. The summed E-state index contributed by atoms with van der Waals surface area (Å²) in [5, 5.41) is 10.5. The SMILES string of the molecule is CN(C1(C(=O)O)CC1c1ccccc1)S(=O)(=O)c1ccc(-c2ccc(Cl)cc2)s1. The third kappa shape index (κ3) is 3.38. The number of carbonyl (C=O) groups is 1. The number of carboxylic acid groups (broad SMARTS) is 1. The van der Waals surface area contributed by atoms with E-state index >= 15 is 0 Å². The van der Waals surface area contributed by atoms with Crippen molar-refractivity contribution >= 4 is 38.9 Å². The topological polar surface area (TPSA) is 74.7 Å². The molecule has 0 bridgehead atoms. The zero-order valence-electron chi connectivity index (χ0n) is 15.4. The second-order valence-corrected chi connectivity index (χ2v) is 10.7. The first-order chi connectivity index (χ1) is 13.8. The van der Waals surface area contributed by atoms with Crippen LogP contribution >= 0.6 is 22.9 Å². The van der Waals surface area contributed by atoms with E-state index in [1.807, 2.05) is 42.5 Å². The molecule has 0 spiro atoms. The van der Waals surface area contributed by atoms with E-state index in [0.29, 0.717) is 5.02 Å². The highest BCUT2D eigenvalue weighted by Crippen LogP contribution is 2.56. The van der Waals surface area contributed by atoms with Gasteiger partial charge in [-0.25, -0.2) is 8.42 Å². The number of thiophene rings is 1. The molecular formula is C21H18ClNO4S2. The van der Waals surface area contributed by atoms with Gasteiger partial charge >= 0.3 is 5.97 Å². The highest BCUT2D eigenvalue weighted by atomic mass is 35.5. The van der Waals surface area contributed by atoms with E-state index in [9.17, 15) is 18.3 Å². The van der Waals surface area contributed by atoms with Gasteiger partial charge < -0.3 is 5.11 Å². The second-order valence-electron chi connectivity index (χ2n) is 6.99. The average molecular weight is 448 g/mol. The summed E-state index contributed by atoms with van der Waals surface area (Å²) in [5.74, 6) is -1.51. The lowest BCUT2D eigenvalue weighted by Gasteiger charge is -2.24. The molecule has 8 heteroatoms. The maximum atomic E-state index is 13.3. The van der Waals surface area contributed by atoms with E-state index in [1.54, 1.807) is 18.2 Å². The van der Waals surface area contributed by atoms with E-state index in [2.05, 4.69) is 0 Å². The minimum atomic E-state index is -3.97. The van der Waals surface area contributed by atoms with Gasteiger partial charge in [0.1, 0.15) is 9.75 Å². The number of benzene rings is 2. The Hall–Kier alpha value is -2.19. The van der Waals surface area contributed by atoms with Crippen molar-refractivity contribution < 1.29 is 18.3 Å². The van der Waals surface area contributed by atoms with Gasteiger partial charge in [-0.05, 0) is 41.8 Å². The Morgan fingerprint density at radius 3 is 2.38 bits per heavy atom. The maximum absolute atomic E-state index is 13.3. The number of carboxylic acids is 1. The summed E-state index contributed by atoms with van der Waals surface area (Å²) in [6.07, 6.45) is 0.248. The molecule has 5 nitrogen and oxygen atoms in total. The van der Waals surface area contributed by atoms with Gasteiger partial charge in [-0.2, -0.15) is 4.31 Å². The molecule has 3 aromatic rings. The van der Waals surface area contributed by atoms with E-state index in [0.717, 1.165) is 31.6 Å². The molecular weight excluding hydrogens is 430 g/mol. The van der Waals surface area contributed by atoms with Gasteiger partial charge in [0.2, 0.25) is 0 Å². The lowest BCUT2D eigenvalue weighted by molar-refractivity contribution is -0.142. The van der Waals surface area contributed by atoms with Crippen LogP contribution in [0.5, 0.6) is 0 Å². The molecule has 1 N–H and O–H groups in total. The number of likely N-dealkylation sites (N-methyl/N-ethyl adjacent to an activating group) is 1. The van der Waals surface area contributed by atoms with Crippen LogP contribution in [0.2, 0.25) is 5.02 Å². The van der Waals surface area contributed by atoms with Crippen LogP contribution in [-0.2, 0) is 14.8 Å². The van der Waals surface area contributed by atoms with Crippen LogP contribution in [0.1, 0.15) is 17.9 Å². The fraction of sp³-hybridized carbons (Fsp3) is 0.190. The number of rotatable bonds is 6. The number of sulfonamides is 1. The van der Waals surface area contributed by atoms with Crippen molar-refractivity contribution in [3.05, 3.63) is 77.3 Å². The first-order valence-corrected chi connectivity index (χ1v) is 11.5. The number of hydrogen-bond acceptors (Lipinski definition) is 4. The van der Waals surface area contributed by atoms with Crippen molar-refractivity contribution in [2.45, 2.75) is 22.1 Å². The Morgan fingerprint density at radius 1 is 1.10 bits per heavy atom. The van der Waals surface area contributed by atoms with Crippen molar-refractivity contribution in [2.75, 3.05) is 7.05 Å². The van der Waals surface area contributed by atoms with Crippen molar-refractivity contribution in [3.63, 3.8) is 0 Å². The van der Waals surface area contributed by atoms with Crippen molar-refractivity contribution in [3.8, 4) is 10.4 Å². The predicted octanol–water partition coefficient (Wildman–Crippen LogP) is 4.70. The van der Waals surface area contributed by atoms with Gasteiger partial charge in [0.05, 0.1) is 0 Å². The van der Waals surface area contributed by atoms with E-state index in [1.165, 1.54) is 13.1 Å². The Kier molecular flexibility index (Phi) is 5.02. The molecule has 2 unspecified atom stereocenters. The highest BCUT2D eigenvalue weighted by Gasteiger charge is 2.66. The van der Waals surface area contributed by atoms with Crippen LogP contribution in [0.3, 0.4) is 0 Å². The Morgan fingerprint density at radius 2 is 1.76 bits per heavy atom. The highest BCUT2D eigenvalue weighted by molar-refractivity contribution is 7.91. The summed E-state index contributed by atoms with van der Waals surface area (Å²) in [6.45, 7) is 0. The first-order valence-electron chi connectivity index (χ1n) is 8.90. The first kappa shape index (κ1) is 20.1. The molecule has 0 aliphatic heterocycles. The molecule has 0 amide bonds. The van der Waals surface area contributed by atoms with Gasteiger partial charge in [-0.3, -0.25) is 4.79 Å². The molecule has 1 aromatic heterocycles. The number of halogens is 1. The van der Waals surface area contributed by atoms with Gasteiger partial charge in [0, 0.05) is 22.9 Å². The van der Waals surface area contributed by atoms with Crippen molar-refractivity contribution in [1.82, 2.24) is 4.31 Å². The standard InChI is InChI=1S/C21H18ClNO4S2/c1-23(21(20(24)25)13-17(21)14-5-3-2-4-6-14)29(26,27)19-12-11-18(28-19)15-7-9-16(22)10-8-15/h2-12,17H,13H2,1H3,(H,24,25). The monoisotopic (exact) mass is 447 g/mol. The van der Waals surface area contributed by atoms with E-state index < -0.39 is 21.5 Å². The Labute approximate surface area is 178 Å². The quantitative estimate of drug-likeness (QED) is 0.594. The molecule has 0 radical (unpaired) electrons.